The van der Waals surface area contributed by atoms with Crippen molar-refractivity contribution in [3.05, 3.63) is 36.4 Å². The summed E-state index contributed by atoms with van der Waals surface area (Å²) in [5.74, 6) is 1.78. The van der Waals surface area contributed by atoms with Crippen molar-refractivity contribution in [2.75, 3.05) is 5.32 Å². The van der Waals surface area contributed by atoms with Crippen molar-refractivity contribution in [1.82, 2.24) is 14.8 Å². The number of aryl methyl sites for hydroxylation is 1. The van der Waals surface area contributed by atoms with Crippen LogP contribution < -0.4 is 10.1 Å². The quantitative estimate of drug-likeness (QED) is 0.878. The molecule has 0 unspecified atom stereocenters. The Morgan fingerprint density at radius 1 is 1.28 bits per heavy atom. The predicted molar refractivity (Wildman–Crippen MR) is 70.5 cm³/mol. The second kappa shape index (κ2) is 5.53. The van der Waals surface area contributed by atoms with Gasteiger partial charge in [-0.2, -0.15) is 5.10 Å². The minimum absolute atomic E-state index is 0.197. The van der Waals surface area contributed by atoms with Gasteiger partial charge in [0.2, 0.25) is 0 Å². The highest BCUT2D eigenvalue weighted by Crippen LogP contribution is 2.17. The molecule has 0 radical (unpaired) electrons. The fraction of sp³-hybridized carbons (Fsp3) is 0.385. The molecule has 0 aliphatic carbocycles. The van der Waals surface area contributed by atoms with Gasteiger partial charge in [-0.25, -0.2) is 4.98 Å². The molecule has 1 N–H and O–H groups in total. The Labute approximate surface area is 107 Å². The number of ether oxygens (including phenoxy) is 1. The van der Waals surface area contributed by atoms with Crippen molar-refractivity contribution in [3.8, 4) is 5.75 Å². The third-order valence-electron chi connectivity index (χ3n) is 2.48. The van der Waals surface area contributed by atoms with Gasteiger partial charge in [-0.15, -0.1) is 0 Å². The van der Waals surface area contributed by atoms with E-state index >= 15 is 0 Å². The van der Waals surface area contributed by atoms with Crippen LogP contribution in [-0.2, 0) is 13.6 Å². The van der Waals surface area contributed by atoms with E-state index in [1.54, 1.807) is 11.0 Å². The summed E-state index contributed by atoms with van der Waals surface area (Å²) in [6.07, 6.45) is 1.75. The van der Waals surface area contributed by atoms with Crippen LogP contribution in [0.25, 0.3) is 0 Å². The third-order valence-corrected chi connectivity index (χ3v) is 2.48. The molecule has 0 fully saturated rings. The lowest BCUT2D eigenvalue weighted by molar-refractivity contribution is 0.242. The van der Waals surface area contributed by atoms with Crippen LogP contribution in [0.15, 0.2) is 30.6 Å². The average Bonchev–Trinajstić information content (AvgIpc) is 2.73. The zero-order valence-corrected chi connectivity index (χ0v) is 10.9. The van der Waals surface area contributed by atoms with Crippen molar-refractivity contribution < 1.29 is 4.74 Å². The number of benzene rings is 1. The number of hydrogen-bond acceptors (Lipinski definition) is 4. The van der Waals surface area contributed by atoms with Crippen molar-refractivity contribution in [2.45, 2.75) is 26.5 Å². The van der Waals surface area contributed by atoms with Gasteiger partial charge in [-0.3, -0.25) is 4.68 Å². The van der Waals surface area contributed by atoms with E-state index in [1.165, 1.54) is 0 Å². The molecule has 0 amide bonds. The van der Waals surface area contributed by atoms with E-state index in [-0.39, 0.29) is 6.10 Å². The van der Waals surface area contributed by atoms with E-state index in [1.807, 2.05) is 45.2 Å². The van der Waals surface area contributed by atoms with Crippen LogP contribution >= 0.6 is 0 Å². The number of rotatable bonds is 5. The first kappa shape index (κ1) is 12.4. The van der Waals surface area contributed by atoms with Crippen LogP contribution in [0, 0.1) is 0 Å². The molecule has 0 atom stereocenters. The molecule has 96 valence electrons. The molecule has 1 aromatic heterocycles. The second-order valence-electron chi connectivity index (χ2n) is 4.34. The molecule has 0 bridgehead atoms. The molecule has 0 aliphatic rings. The SMILES string of the molecule is CC(C)Oc1ccc(NCc2ncnn2C)cc1. The van der Waals surface area contributed by atoms with E-state index in [2.05, 4.69) is 15.4 Å². The smallest absolute Gasteiger partial charge is 0.145 e. The van der Waals surface area contributed by atoms with Gasteiger partial charge < -0.3 is 10.1 Å². The fourth-order valence-corrected chi connectivity index (χ4v) is 1.58. The topological polar surface area (TPSA) is 52.0 Å². The van der Waals surface area contributed by atoms with Gasteiger partial charge in [0.15, 0.2) is 0 Å². The van der Waals surface area contributed by atoms with Gasteiger partial charge >= 0.3 is 0 Å². The maximum absolute atomic E-state index is 5.58. The van der Waals surface area contributed by atoms with Gasteiger partial charge in [0, 0.05) is 12.7 Å². The van der Waals surface area contributed by atoms with Crippen LogP contribution in [0.3, 0.4) is 0 Å². The van der Waals surface area contributed by atoms with Crippen molar-refractivity contribution in [1.29, 1.82) is 0 Å². The first-order valence-corrected chi connectivity index (χ1v) is 5.98. The molecular weight excluding hydrogens is 228 g/mol. The molecule has 1 heterocycles. The van der Waals surface area contributed by atoms with E-state index in [4.69, 9.17) is 4.74 Å². The van der Waals surface area contributed by atoms with Gasteiger partial charge in [0.05, 0.1) is 12.6 Å². The Morgan fingerprint density at radius 3 is 2.56 bits per heavy atom. The predicted octanol–water partition coefficient (Wildman–Crippen LogP) is 2.21. The van der Waals surface area contributed by atoms with Crippen LogP contribution in [0.1, 0.15) is 19.7 Å². The highest BCUT2D eigenvalue weighted by molar-refractivity contribution is 5.46. The van der Waals surface area contributed by atoms with Crippen LogP contribution in [0.2, 0.25) is 0 Å². The maximum atomic E-state index is 5.58. The fourth-order valence-electron chi connectivity index (χ4n) is 1.58. The molecular formula is C13H18N4O. The molecule has 0 saturated heterocycles. The summed E-state index contributed by atoms with van der Waals surface area (Å²) in [5, 5.41) is 7.31. The lowest BCUT2D eigenvalue weighted by Crippen LogP contribution is -2.07. The van der Waals surface area contributed by atoms with Gasteiger partial charge in [0.25, 0.3) is 0 Å². The van der Waals surface area contributed by atoms with E-state index in [0.29, 0.717) is 6.54 Å². The standard InChI is InChI=1S/C13H18N4O/c1-10(2)18-12-6-4-11(5-7-12)14-8-13-15-9-16-17(13)3/h4-7,9-10,14H,8H2,1-3H3. The van der Waals surface area contributed by atoms with E-state index < -0.39 is 0 Å². The van der Waals surface area contributed by atoms with Crippen LogP contribution in [0.5, 0.6) is 5.75 Å². The second-order valence-corrected chi connectivity index (χ2v) is 4.34. The van der Waals surface area contributed by atoms with Crippen LogP contribution in [0.4, 0.5) is 5.69 Å². The van der Waals surface area contributed by atoms with Gasteiger partial charge in [0.1, 0.15) is 17.9 Å². The zero-order chi connectivity index (χ0) is 13.0. The minimum atomic E-state index is 0.197. The molecule has 18 heavy (non-hydrogen) atoms. The molecule has 2 rings (SSSR count). The molecule has 1 aromatic carbocycles. The summed E-state index contributed by atoms with van der Waals surface area (Å²) in [6, 6.07) is 7.90. The maximum Gasteiger partial charge on any atom is 0.145 e. The highest BCUT2D eigenvalue weighted by Gasteiger charge is 2.01. The third kappa shape index (κ3) is 3.23. The van der Waals surface area contributed by atoms with Gasteiger partial charge in [-0.05, 0) is 38.1 Å². The zero-order valence-electron chi connectivity index (χ0n) is 10.9. The summed E-state index contributed by atoms with van der Waals surface area (Å²) in [4.78, 5) is 4.15. The summed E-state index contributed by atoms with van der Waals surface area (Å²) >= 11 is 0. The number of anilines is 1. The molecule has 5 heteroatoms. The van der Waals surface area contributed by atoms with Crippen molar-refractivity contribution in [3.63, 3.8) is 0 Å². The number of aromatic nitrogens is 3. The number of nitrogens with zero attached hydrogens (tertiary/aromatic N) is 3. The number of hydrogen-bond donors (Lipinski definition) is 1. The van der Waals surface area contributed by atoms with Crippen molar-refractivity contribution in [2.24, 2.45) is 7.05 Å². The molecule has 0 spiro atoms. The Kier molecular flexibility index (Phi) is 3.82. The summed E-state index contributed by atoms with van der Waals surface area (Å²) in [7, 11) is 1.88. The summed E-state index contributed by atoms with van der Waals surface area (Å²) in [5.41, 5.74) is 1.04. The van der Waals surface area contributed by atoms with Crippen molar-refractivity contribution >= 4 is 5.69 Å². The Morgan fingerprint density at radius 2 is 2.00 bits per heavy atom. The Bertz CT molecular complexity index is 490. The first-order chi connectivity index (χ1) is 8.65. The summed E-state index contributed by atoms with van der Waals surface area (Å²) in [6.45, 7) is 4.68. The monoisotopic (exact) mass is 246 g/mol. The Balaban J connectivity index is 1.92. The normalized spacial score (nSPS) is 10.7. The largest absolute Gasteiger partial charge is 0.491 e. The average molecular weight is 246 g/mol. The molecule has 5 nitrogen and oxygen atoms in total. The highest BCUT2D eigenvalue weighted by atomic mass is 16.5. The first-order valence-electron chi connectivity index (χ1n) is 5.98. The van der Waals surface area contributed by atoms with Crippen LogP contribution in [-0.4, -0.2) is 20.9 Å². The van der Waals surface area contributed by atoms with E-state index in [9.17, 15) is 0 Å². The Hall–Kier alpha value is -2.04. The molecule has 2 aromatic rings. The minimum Gasteiger partial charge on any atom is -0.491 e. The molecule has 0 aliphatic heterocycles. The lowest BCUT2D eigenvalue weighted by atomic mass is 10.3. The van der Waals surface area contributed by atoms with E-state index in [0.717, 1.165) is 17.3 Å². The number of nitrogens with one attached hydrogen (secondary N) is 1. The molecule has 0 saturated carbocycles. The summed E-state index contributed by atoms with van der Waals surface area (Å²) < 4.78 is 7.34. The van der Waals surface area contributed by atoms with Gasteiger partial charge in [-0.1, -0.05) is 0 Å². The lowest BCUT2D eigenvalue weighted by Gasteiger charge is -2.10.